The van der Waals surface area contributed by atoms with Gasteiger partial charge >= 0.3 is 0 Å². The van der Waals surface area contributed by atoms with E-state index in [1.165, 1.54) is 11.3 Å². The summed E-state index contributed by atoms with van der Waals surface area (Å²) in [6.07, 6.45) is 10.4. The van der Waals surface area contributed by atoms with Crippen LogP contribution in [0.3, 0.4) is 0 Å². The molecule has 0 aliphatic heterocycles. The molecular formula is C14H19N5O. The Morgan fingerprint density at radius 2 is 2.15 bits per heavy atom. The Balaban J connectivity index is 1.70. The van der Waals surface area contributed by atoms with E-state index < -0.39 is 0 Å². The van der Waals surface area contributed by atoms with Crippen LogP contribution in [0.15, 0.2) is 24.9 Å². The third-order valence-electron chi connectivity index (χ3n) is 3.74. The quantitative estimate of drug-likeness (QED) is 0.844. The standard InChI is InChI=1S/C14H19N5O/c20-5-4-19-14-3-1-2-13(12(14)9-18-19)17-8-11-6-15-10-16-7-11/h6-7,9-10,13,17,20H,1-5,8H2. The number of hydrogen-bond donors (Lipinski definition) is 2. The van der Waals surface area contributed by atoms with Crippen molar-refractivity contribution in [2.45, 2.75) is 38.4 Å². The molecule has 6 heteroatoms. The highest BCUT2D eigenvalue weighted by molar-refractivity contribution is 5.25. The summed E-state index contributed by atoms with van der Waals surface area (Å²) in [6.45, 7) is 1.47. The normalized spacial score (nSPS) is 17.9. The zero-order valence-electron chi connectivity index (χ0n) is 11.4. The van der Waals surface area contributed by atoms with Gasteiger partial charge in [0.2, 0.25) is 0 Å². The monoisotopic (exact) mass is 273 g/mol. The zero-order chi connectivity index (χ0) is 13.8. The molecule has 0 saturated carbocycles. The van der Waals surface area contributed by atoms with Gasteiger partial charge in [0.1, 0.15) is 6.33 Å². The molecule has 2 N–H and O–H groups in total. The van der Waals surface area contributed by atoms with Crippen molar-refractivity contribution in [1.82, 2.24) is 25.1 Å². The lowest BCUT2D eigenvalue weighted by molar-refractivity contribution is 0.266. The van der Waals surface area contributed by atoms with Crippen molar-refractivity contribution in [1.29, 1.82) is 0 Å². The van der Waals surface area contributed by atoms with Crippen LogP contribution in [0.5, 0.6) is 0 Å². The van der Waals surface area contributed by atoms with Crippen LogP contribution in [0.4, 0.5) is 0 Å². The second-order valence-corrected chi connectivity index (χ2v) is 5.07. The summed E-state index contributed by atoms with van der Waals surface area (Å²) in [5.41, 5.74) is 3.61. The second kappa shape index (κ2) is 6.11. The number of aliphatic hydroxyl groups excluding tert-OH is 1. The van der Waals surface area contributed by atoms with Gasteiger partial charge in [-0.05, 0) is 19.3 Å². The van der Waals surface area contributed by atoms with E-state index in [2.05, 4.69) is 20.4 Å². The molecule has 6 nitrogen and oxygen atoms in total. The molecule has 0 spiro atoms. The van der Waals surface area contributed by atoms with Crippen LogP contribution in [0.25, 0.3) is 0 Å². The predicted octanol–water partition coefficient (Wildman–Crippen LogP) is 0.833. The van der Waals surface area contributed by atoms with Gasteiger partial charge in [-0.2, -0.15) is 5.10 Å². The molecule has 0 saturated heterocycles. The SMILES string of the molecule is OCCn1ncc2c1CCCC2NCc1cncnc1. The zero-order valence-corrected chi connectivity index (χ0v) is 11.4. The Kier molecular flexibility index (Phi) is 4.03. The lowest BCUT2D eigenvalue weighted by Gasteiger charge is -2.24. The maximum absolute atomic E-state index is 9.07. The van der Waals surface area contributed by atoms with Crippen molar-refractivity contribution in [2.75, 3.05) is 6.61 Å². The van der Waals surface area contributed by atoms with Crippen LogP contribution in [0, 0.1) is 0 Å². The number of rotatable bonds is 5. The molecule has 1 unspecified atom stereocenters. The summed E-state index contributed by atoms with van der Waals surface area (Å²) in [7, 11) is 0. The summed E-state index contributed by atoms with van der Waals surface area (Å²) in [5.74, 6) is 0. The smallest absolute Gasteiger partial charge is 0.115 e. The number of aromatic nitrogens is 4. The van der Waals surface area contributed by atoms with Crippen LogP contribution in [0.1, 0.15) is 35.7 Å². The Morgan fingerprint density at radius 1 is 1.30 bits per heavy atom. The molecule has 2 heterocycles. The van der Waals surface area contributed by atoms with Crippen molar-refractivity contribution < 1.29 is 5.11 Å². The van der Waals surface area contributed by atoms with Crippen molar-refractivity contribution >= 4 is 0 Å². The molecule has 1 aliphatic rings. The van der Waals surface area contributed by atoms with E-state index in [4.69, 9.17) is 5.11 Å². The summed E-state index contributed by atoms with van der Waals surface area (Å²) >= 11 is 0. The molecule has 0 radical (unpaired) electrons. The predicted molar refractivity (Wildman–Crippen MR) is 73.9 cm³/mol. The molecule has 1 aliphatic carbocycles. The molecule has 0 fully saturated rings. The average Bonchev–Trinajstić information content (AvgIpc) is 2.91. The summed E-state index contributed by atoms with van der Waals surface area (Å²) in [5, 5.41) is 17.0. The highest BCUT2D eigenvalue weighted by Crippen LogP contribution is 2.29. The van der Waals surface area contributed by atoms with Gasteiger partial charge in [-0.1, -0.05) is 0 Å². The summed E-state index contributed by atoms with van der Waals surface area (Å²) < 4.78 is 1.93. The number of hydrogen-bond acceptors (Lipinski definition) is 5. The molecule has 2 aromatic rings. The van der Waals surface area contributed by atoms with E-state index in [9.17, 15) is 0 Å². The van der Waals surface area contributed by atoms with Crippen LogP contribution < -0.4 is 5.32 Å². The fraction of sp³-hybridized carbons (Fsp3) is 0.500. The Labute approximate surface area is 117 Å². The van der Waals surface area contributed by atoms with E-state index >= 15 is 0 Å². The number of aliphatic hydroxyl groups is 1. The molecule has 3 rings (SSSR count). The maximum Gasteiger partial charge on any atom is 0.115 e. The number of nitrogens with one attached hydrogen (secondary N) is 1. The van der Waals surface area contributed by atoms with E-state index in [-0.39, 0.29) is 6.61 Å². The van der Waals surface area contributed by atoms with Crippen LogP contribution >= 0.6 is 0 Å². The molecule has 20 heavy (non-hydrogen) atoms. The van der Waals surface area contributed by atoms with E-state index in [1.54, 1.807) is 6.33 Å². The van der Waals surface area contributed by atoms with Gasteiger partial charge in [0.05, 0.1) is 19.3 Å². The molecule has 0 amide bonds. The van der Waals surface area contributed by atoms with Gasteiger partial charge in [-0.25, -0.2) is 9.97 Å². The minimum absolute atomic E-state index is 0.133. The van der Waals surface area contributed by atoms with Crippen molar-refractivity contribution in [2.24, 2.45) is 0 Å². The molecule has 2 aromatic heterocycles. The lowest BCUT2D eigenvalue weighted by atomic mass is 9.93. The molecule has 106 valence electrons. The van der Waals surface area contributed by atoms with E-state index in [0.717, 1.165) is 31.4 Å². The first-order valence-electron chi connectivity index (χ1n) is 7.01. The second-order valence-electron chi connectivity index (χ2n) is 5.07. The van der Waals surface area contributed by atoms with Gasteiger partial charge in [0, 0.05) is 41.8 Å². The van der Waals surface area contributed by atoms with Crippen molar-refractivity contribution in [3.63, 3.8) is 0 Å². The Hall–Kier alpha value is -1.79. The third kappa shape index (κ3) is 2.71. The lowest BCUT2D eigenvalue weighted by Crippen LogP contribution is -2.25. The van der Waals surface area contributed by atoms with Crippen molar-refractivity contribution in [3.8, 4) is 0 Å². The molecule has 0 aromatic carbocycles. The molecular weight excluding hydrogens is 254 g/mol. The first-order chi connectivity index (χ1) is 9.88. The van der Waals surface area contributed by atoms with Crippen molar-refractivity contribution in [3.05, 3.63) is 41.7 Å². The van der Waals surface area contributed by atoms with Crippen LogP contribution in [-0.2, 0) is 19.5 Å². The fourth-order valence-electron chi connectivity index (χ4n) is 2.78. The summed E-state index contributed by atoms with van der Waals surface area (Å²) in [6, 6.07) is 0.325. The van der Waals surface area contributed by atoms with E-state index in [1.807, 2.05) is 23.3 Å². The van der Waals surface area contributed by atoms with Gasteiger partial charge in [0.15, 0.2) is 0 Å². The topological polar surface area (TPSA) is 75.9 Å². The Bertz CT molecular complexity index is 554. The number of fused-ring (bicyclic) bond motifs is 1. The maximum atomic E-state index is 9.07. The number of nitrogens with zero attached hydrogens (tertiary/aromatic N) is 4. The summed E-state index contributed by atoms with van der Waals surface area (Å²) in [4.78, 5) is 8.05. The van der Waals surface area contributed by atoms with Crippen LogP contribution in [0.2, 0.25) is 0 Å². The van der Waals surface area contributed by atoms with E-state index in [0.29, 0.717) is 12.6 Å². The van der Waals surface area contributed by atoms with Gasteiger partial charge < -0.3 is 10.4 Å². The molecule has 0 bridgehead atoms. The fourth-order valence-corrected chi connectivity index (χ4v) is 2.78. The van der Waals surface area contributed by atoms with Gasteiger partial charge in [-0.3, -0.25) is 4.68 Å². The minimum atomic E-state index is 0.133. The Morgan fingerprint density at radius 3 is 2.95 bits per heavy atom. The largest absolute Gasteiger partial charge is 0.394 e. The van der Waals surface area contributed by atoms with Gasteiger partial charge in [-0.15, -0.1) is 0 Å². The van der Waals surface area contributed by atoms with Crippen LogP contribution in [-0.4, -0.2) is 31.5 Å². The average molecular weight is 273 g/mol. The first kappa shape index (κ1) is 13.2. The highest BCUT2D eigenvalue weighted by Gasteiger charge is 2.23. The first-order valence-corrected chi connectivity index (χ1v) is 7.01. The molecule has 1 atom stereocenters. The van der Waals surface area contributed by atoms with Gasteiger partial charge in [0.25, 0.3) is 0 Å². The third-order valence-corrected chi connectivity index (χ3v) is 3.74. The highest BCUT2D eigenvalue weighted by atomic mass is 16.3. The minimum Gasteiger partial charge on any atom is -0.394 e.